The van der Waals surface area contributed by atoms with E-state index >= 15 is 0 Å². The third kappa shape index (κ3) is 4.16. The van der Waals surface area contributed by atoms with Gasteiger partial charge in [-0.05, 0) is 12.1 Å². The number of hydrogen-bond acceptors (Lipinski definition) is 5. The van der Waals surface area contributed by atoms with Gasteiger partial charge in [-0.1, -0.05) is 23.7 Å². The number of thiazole rings is 1. The monoisotopic (exact) mass is 404 g/mol. The number of carbonyl (C=O) groups excluding carboxylic acids is 1. The summed E-state index contributed by atoms with van der Waals surface area (Å²) >= 11 is 7.83. The van der Waals surface area contributed by atoms with Crippen LogP contribution in [0.3, 0.4) is 0 Å². The SMILES string of the molecule is CN(Cc1csc(CN2CCOCC2)n1)C(=O)c1cc2cccc(Cl)c2[nH]1. The van der Waals surface area contributed by atoms with E-state index in [9.17, 15) is 4.79 Å². The summed E-state index contributed by atoms with van der Waals surface area (Å²) in [6.07, 6.45) is 0. The van der Waals surface area contributed by atoms with Crippen molar-refractivity contribution in [3.8, 4) is 0 Å². The molecule has 142 valence electrons. The average molecular weight is 405 g/mol. The summed E-state index contributed by atoms with van der Waals surface area (Å²) in [5.41, 5.74) is 2.23. The van der Waals surface area contributed by atoms with Crippen LogP contribution in [0.2, 0.25) is 5.02 Å². The molecular weight excluding hydrogens is 384 g/mol. The standard InChI is InChI=1S/C19H21ClN4O2S/c1-23(19(25)16-9-13-3-2-4-15(20)18(13)22-16)10-14-12-27-17(21-14)11-24-5-7-26-8-6-24/h2-4,9,12,22H,5-8,10-11H2,1H3. The van der Waals surface area contributed by atoms with Crippen molar-refractivity contribution in [2.24, 2.45) is 0 Å². The van der Waals surface area contributed by atoms with Gasteiger partial charge in [-0.25, -0.2) is 4.98 Å². The van der Waals surface area contributed by atoms with Gasteiger partial charge in [-0.15, -0.1) is 11.3 Å². The van der Waals surface area contributed by atoms with E-state index in [-0.39, 0.29) is 5.91 Å². The maximum absolute atomic E-state index is 12.8. The van der Waals surface area contributed by atoms with E-state index in [1.54, 1.807) is 23.3 Å². The summed E-state index contributed by atoms with van der Waals surface area (Å²) in [5, 5.41) is 4.65. The predicted octanol–water partition coefficient (Wildman–Crippen LogP) is 3.38. The van der Waals surface area contributed by atoms with Crippen LogP contribution >= 0.6 is 22.9 Å². The molecule has 8 heteroatoms. The molecule has 4 rings (SSSR count). The molecule has 0 aliphatic carbocycles. The van der Waals surface area contributed by atoms with Gasteiger partial charge in [0.25, 0.3) is 5.91 Å². The minimum absolute atomic E-state index is 0.0787. The molecule has 0 atom stereocenters. The molecule has 1 aliphatic rings. The normalized spacial score (nSPS) is 15.3. The molecule has 27 heavy (non-hydrogen) atoms. The first-order valence-corrected chi connectivity index (χ1v) is 10.1. The molecule has 6 nitrogen and oxygen atoms in total. The van der Waals surface area contributed by atoms with Gasteiger partial charge in [0.05, 0.1) is 42.5 Å². The van der Waals surface area contributed by atoms with Gasteiger partial charge < -0.3 is 14.6 Å². The number of H-pyrrole nitrogens is 1. The Hall–Kier alpha value is -1.93. The number of nitrogens with zero attached hydrogens (tertiary/aromatic N) is 3. The lowest BCUT2D eigenvalue weighted by Crippen LogP contribution is -2.35. The summed E-state index contributed by atoms with van der Waals surface area (Å²) in [4.78, 5) is 24.6. The quantitative estimate of drug-likeness (QED) is 0.708. The lowest BCUT2D eigenvalue weighted by atomic mass is 10.2. The third-order valence-electron chi connectivity index (χ3n) is 4.64. The number of nitrogens with one attached hydrogen (secondary N) is 1. The van der Waals surface area contributed by atoms with Crippen molar-refractivity contribution in [1.29, 1.82) is 0 Å². The summed E-state index contributed by atoms with van der Waals surface area (Å²) in [6, 6.07) is 7.46. The van der Waals surface area contributed by atoms with E-state index in [1.165, 1.54) is 0 Å². The van der Waals surface area contributed by atoms with Crippen molar-refractivity contribution < 1.29 is 9.53 Å². The maximum atomic E-state index is 12.8. The van der Waals surface area contributed by atoms with Crippen LogP contribution in [0.4, 0.5) is 0 Å². The van der Waals surface area contributed by atoms with Gasteiger partial charge in [0, 0.05) is 30.9 Å². The van der Waals surface area contributed by atoms with Gasteiger partial charge >= 0.3 is 0 Å². The number of carbonyl (C=O) groups is 1. The fourth-order valence-electron chi connectivity index (χ4n) is 3.20. The highest BCUT2D eigenvalue weighted by atomic mass is 35.5. The number of morpholine rings is 1. The number of rotatable bonds is 5. The molecule has 0 radical (unpaired) electrons. The zero-order valence-electron chi connectivity index (χ0n) is 15.1. The highest BCUT2D eigenvalue weighted by molar-refractivity contribution is 7.09. The first-order valence-electron chi connectivity index (χ1n) is 8.86. The Kier molecular flexibility index (Phi) is 5.45. The molecule has 2 aromatic heterocycles. The number of aromatic nitrogens is 2. The van der Waals surface area contributed by atoms with Gasteiger partial charge in [-0.3, -0.25) is 9.69 Å². The second kappa shape index (κ2) is 7.98. The van der Waals surface area contributed by atoms with E-state index < -0.39 is 0 Å². The van der Waals surface area contributed by atoms with E-state index in [0.717, 1.165) is 54.5 Å². The molecule has 0 spiro atoms. The number of para-hydroxylation sites is 1. The number of fused-ring (bicyclic) bond motifs is 1. The smallest absolute Gasteiger partial charge is 0.270 e. The predicted molar refractivity (Wildman–Crippen MR) is 107 cm³/mol. The number of hydrogen-bond donors (Lipinski definition) is 1. The molecule has 1 fully saturated rings. The van der Waals surface area contributed by atoms with Crippen LogP contribution in [0.1, 0.15) is 21.2 Å². The van der Waals surface area contributed by atoms with Crippen molar-refractivity contribution in [2.45, 2.75) is 13.1 Å². The molecular formula is C19H21ClN4O2S. The summed E-state index contributed by atoms with van der Waals surface area (Å²) < 4.78 is 5.38. The molecule has 3 aromatic rings. The highest BCUT2D eigenvalue weighted by Gasteiger charge is 2.18. The second-order valence-corrected chi connectivity index (χ2v) is 8.02. The number of ether oxygens (including phenoxy) is 1. The summed E-state index contributed by atoms with van der Waals surface area (Å²) in [5.74, 6) is -0.0787. The zero-order valence-corrected chi connectivity index (χ0v) is 16.6. The van der Waals surface area contributed by atoms with Gasteiger partial charge in [-0.2, -0.15) is 0 Å². The number of amides is 1. The van der Waals surface area contributed by atoms with Crippen LogP contribution in [0.15, 0.2) is 29.6 Å². The topological polar surface area (TPSA) is 61.5 Å². The van der Waals surface area contributed by atoms with E-state index in [4.69, 9.17) is 16.3 Å². The summed E-state index contributed by atoms with van der Waals surface area (Å²) in [6.45, 7) is 4.76. The van der Waals surface area contributed by atoms with Crippen LogP contribution in [-0.2, 0) is 17.8 Å². The fourth-order valence-corrected chi connectivity index (χ4v) is 4.26. The molecule has 1 N–H and O–H groups in total. The van der Waals surface area contributed by atoms with Crippen LogP contribution in [0, 0.1) is 0 Å². The molecule has 3 heterocycles. The van der Waals surface area contributed by atoms with Crippen LogP contribution in [0.5, 0.6) is 0 Å². The van der Waals surface area contributed by atoms with Crippen molar-refractivity contribution in [2.75, 3.05) is 33.4 Å². The van der Waals surface area contributed by atoms with Crippen LogP contribution < -0.4 is 0 Å². The fraction of sp³-hybridized carbons (Fsp3) is 0.368. The highest BCUT2D eigenvalue weighted by Crippen LogP contribution is 2.24. The maximum Gasteiger partial charge on any atom is 0.270 e. The van der Waals surface area contributed by atoms with Crippen LogP contribution in [-0.4, -0.2) is 59.0 Å². The minimum Gasteiger partial charge on any atom is -0.379 e. The molecule has 1 amide bonds. The Morgan fingerprint density at radius 3 is 3.00 bits per heavy atom. The lowest BCUT2D eigenvalue weighted by Gasteiger charge is -2.25. The average Bonchev–Trinajstić information content (AvgIpc) is 3.29. The summed E-state index contributed by atoms with van der Waals surface area (Å²) in [7, 11) is 1.79. The molecule has 1 saturated heterocycles. The minimum atomic E-state index is -0.0787. The number of aromatic amines is 1. The number of benzene rings is 1. The van der Waals surface area contributed by atoms with E-state index in [1.807, 2.05) is 29.6 Å². The Morgan fingerprint density at radius 1 is 1.41 bits per heavy atom. The van der Waals surface area contributed by atoms with Crippen molar-refractivity contribution in [3.63, 3.8) is 0 Å². The van der Waals surface area contributed by atoms with Gasteiger partial charge in [0.1, 0.15) is 10.7 Å². The Balaban J connectivity index is 1.41. The second-order valence-electron chi connectivity index (χ2n) is 6.67. The molecule has 0 bridgehead atoms. The Bertz CT molecular complexity index is 948. The van der Waals surface area contributed by atoms with Crippen molar-refractivity contribution >= 4 is 39.7 Å². The molecule has 1 aromatic carbocycles. The molecule has 1 aliphatic heterocycles. The van der Waals surface area contributed by atoms with Crippen LogP contribution in [0.25, 0.3) is 10.9 Å². The van der Waals surface area contributed by atoms with E-state index in [0.29, 0.717) is 17.3 Å². The first kappa shape index (κ1) is 18.4. The van der Waals surface area contributed by atoms with Crippen molar-refractivity contribution in [3.05, 3.63) is 51.1 Å². The zero-order chi connectivity index (χ0) is 18.8. The van der Waals surface area contributed by atoms with Crippen molar-refractivity contribution in [1.82, 2.24) is 19.8 Å². The van der Waals surface area contributed by atoms with E-state index in [2.05, 4.69) is 14.9 Å². The van der Waals surface area contributed by atoms with Gasteiger partial charge in [0.15, 0.2) is 0 Å². The third-order valence-corrected chi connectivity index (χ3v) is 5.84. The number of halogens is 1. The molecule has 0 unspecified atom stereocenters. The molecule has 0 saturated carbocycles. The largest absolute Gasteiger partial charge is 0.379 e. The Morgan fingerprint density at radius 2 is 2.22 bits per heavy atom. The lowest BCUT2D eigenvalue weighted by molar-refractivity contribution is 0.0341. The van der Waals surface area contributed by atoms with Gasteiger partial charge in [0.2, 0.25) is 0 Å². The first-order chi connectivity index (χ1) is 13.1. The Labute approximate surface area is 166 Å².